The van der Waals surface area contributed by atoms with Gasteiger partial charge >= 0.3 is 5.97 Å². The Morgan fingerprint density at radius 1 is 1.04 bits per heavy atom. The minimum absolute atomic E-state index is 0.306. The molecule has 3 aliphatic rings. The van der Waals surface area contributed by atoms with Crippen molar-refractivity contribution in [3.63, 3.8) is 0 Å². The maximum atomic E-state index is 12.5. The number of methoxy groups -OCH3 is 1. The molecule has 5 heterocycles. The number of benzene rings is 2. The standard InChI is InChI=1S/C35H35Cl2N7O4/c1-4-41-13-12-38-30(41)20-44-27-17-21(34(45)46-3)16-23(37)32(27)40-31(44)19-42-14-15-43(25-10-9-24(25)42)26-6-5-7-28-33(26)48-35(2,47-28)29-11-8-22(36)18-39-29/h5-8,11-13,16-18,24-25H,4,9-10,14-15,19-20H2,1-3H3/t24-,25-,35-/m0/s1. The molecule has 13 heteroatoms. The molecule has 5 aromatic rings. The van der Waals surface area contributed by atoms with Crippen molar-refractivity contribution in [1.29, 1.82) is 0 Å². The number of aryl methyl sites for hydroxylation is 1. The molecular weight excluding hydrogens is 653 g/mol. The van der Waals surface area contributed by atoms with Crippen molar-refractivity contribution < 1.29 is 19.0 Å². The highest BCUT2D eigenvalue weighted by Gasteiger charge is 2.47. The largest absolute Gasteiger partial charge is 0.465 e. The van der Waals surface area contributed by atoms with Crippen LogP contribution in [-0.2, 0) is 30.2 Å². The van der Waals surface area contributed by atoms with Gasteiger partial charge in [-0.05, 0) is 56.2 Å². The third-order valence-electron chi connectivity index (χ3n) is 9.86. The summed E-state index contributed by atoms with van der Waals surface area (Å²) in [6.07, 6.45) is 7.54. The van der Waals surface area contributed by atoms with Gasteiger partial charge in [-0.2, -0.15) is 0 Å². The molecule has 1 saturated heterocycles. The zero-order chi connectivity index (χ0) is 33.2. The highest BCUT2D eigenvalue weighted by Crippen LogP contribution is 2.51. The number of hydrogen-bond donors (Lipinski definition) is 0. The fourth-order valence-corrected chi connectivity index (χ4v) is 7.64. The zero-order valence-corrected chi connectivity index (χ0v) is 28.4. The Balaban J connectivity index is 1.08. The summed E-state index contributed by atoms with van der Waals surface area (Å²) in [4.78, 5) is 31.7. The number of fused-ring (bicyclic) bond motifs is 3. The van der Waals surface area contributed by atoms with Gasteiger partial charge in [-0.25, -0.2) is 14.8 Å². The topological polar surface area (TPSA) is 99.8 Å². The number of imidazole rings is 2. The lowest BCUT2D eigenvalue weighted by Crippen LogP contribution is -2.64. The van der Waals surface area contributed by atoms with Crippen molar-refractivity contribution in [3.05, 3.63) is 94.0 Å². The summed E-state index contributed by atoms with van der Waals surface area (Å²) in [7, 11) is 1.37. The van der Waals surface area contributed by atoms with E-state index in [4.69, 9.17) is 42.4 Å². The first-order valence-electron chi connectivity index (χ1n) is 16.2. The van der Waals surface area contributed by atoms with E-state index in [9.17, 15) is 4.79 Å². The van der Waals surface area contributed by atoms with Crippen LogP contribution in [0, 0.1) is 0 Å². The van der Waals surface area contributed by atoms with Gasteiger partial charge in [0.05, 0.1) is 47.0 Å². The predicted octanol–water partition coefficient (Wildman–Crippen LogP) is 6.29. The molecule has 3 atom stereocenters. The molecule has 0 N–H and O–H groups in total. The minimum Gasteiger partial charge on any atom is -0.465 e. The Hall–Kier alpha value is -4.32. The average molecular weight is 689 g/mol. The Labute approximate surface area is 288 Å². The highest BCUT2D eigenvalue weighted by molar-refractivity contribution is 6.35. The second kappa shape index (κ2) is 12.0. The summed E-state index contributed by atoms with van der Waals surface area (Å²) in [5.74, 6) is 1.73. The van der Waals surface area contributed by atoms with Gasteiger partial charge < -0.3 is 28.2 Å². The van der Waals surface area contributed by atoms with Crippen LogP contribution < -0.4 is 14.4 Å². The van der Waals surface area contributed by atoms with Gasteiger partial charge in [0, 0.05) is 57.2 Å². The third-order valence-corrected chi connectivity index (χ3v) is 10.4. The first-order chi connectivity index (χ1) is 23.3. The molecule has 3 aromatic heterocycles. The number of pyridine rings is 1. The van der Waals surface area contributed by atoms with Crippen LogP contribution in [0.5, 0.6) is 11.5 Å². The predicted molar refractivity (Wildman–Crippen MR) is 182 cm³/mol. The summed E-state index contributed by atoms with van der Waals surface area (Å²) >= 11 is 12.8. The number of aromatic nitrogens is 5. The van der Waals surface area contributed by atoms with Gasteiger partial charge in [0.2, 0.25) is 0 Å². The zero-order valence-electron chi connectivity index (χ0n) is 26.9. The van der Waals surface area contributed by atoms with Crippen LogP contribution in [0.3, 0.4) is 0 Å². The first-order valence-corrected chi connectivity index (χ1v) is 16.9. The number of nitrogens with zero attached hydrogens (tertiary/aromatic N) is 7. The molecule has 248 valence electrons. The lowest BCUT2D eigenvalue weighted by molar-refractivity contribution is -0.0717. The molecule has 1 aliphatic carbocycles. The van der Waals surface area contributed by atoms with Crippen LogP contribution in [0.15, 0.2) is 61.1 Å². The number of para-hydroxylation sites is 1. The van der Waals surface area contributed by atoms with Crippen LogP contribution in [-0.4, -0.2) is 67.2 Å². The molecule has 0 unspecified atom stereocenters. The summed E-state index contributed by atoms with van der Waals surface area (Å²) in [6, 6.07) is 13.8. The maximum Gasteiger partial charge on any atom is 0.337 e. The average Bonchev–Trinajstić information content (AvgIpc) is 3.77. The Bertz CT molecular complexity index is 2030. The van der Waals surface area contributed by atoms with Gasteiger partial charge in [-0.15, -0.1) is 0 Å². The van der Waals surface area contributed by atoms with E-state index in [0.29, 0.717) is 57.7 Å². The van der Waals surface area contributed by atoms with E-state index in [1.54, 1.807) is 18.3 Å². The second-order valence-electron chi connectivity index (χ2n) is 12.6. The van der Waals surface area contributed by atoms with E-state index in [0.717, 1.165) is 61.1 Å². The van der Waals surface area contributed by atoms with Gasteiger partial charge in [0.15, 0.2) is 11.5 Å². The molecule has 11 nitrogen and oxygen atoms in total. The van der Waals surface area contributed by atoms with E-state index in [-0.39, 0.29) is 0 Å². The number of ether oxygens (including phenoxy) is 3. The normalized spacial score (nSPS) is 21.7. The number of anilines is 1. The molecule has 2 fully saturated rings. The summed E-state index contributed by atoms with van der Waals surface area (Å²) in [5, 5.41) is 0.975. The van der Waals surface area contributed by atoms with Crippen LogP contribution in [0.2, 0.25) is 10.0 Å². The van der Waals surface area contributed by atoms with Gasteiger partial charge in [0.25, 0.3) is 5.79 Å². The number of carbonyl (C=O) groups excluding carboxylic acids is 1. The third kappa shape index (κ3) is 5.15. The SMILES string of the molecule is CCn1ccnc1Cn1c(CN2CCN(c3cccc4c3O[C@@](C)(c3ccc(Cl)cn3)O4)[C@H]3CC[C@@H]32)nc2c(Cl)cc(C(=O)OC)cc21. The second-order valence-corrected chi connectivity index (χ2v) is 13.4. The van der Waals surface area contributed by atoms with Crippen molar-refractivity contribution in [2.45, 2.75) is 64.2 Å². The molecule has 8 rings (SSSR count). The van der Waals surface area contributed by atoms with Crippen molar-refractivity contribution in [2.24, 2.45) is 0 Å². The van der Waals surface area contributed by atoms with Crippen molar-refractivity contribution in [2.75, 3.05) is 25.1 Å². The van der Waals surface area contributed by atoms with Crippen LogP contribution in [0.4, 0.5) is 5.69 Å². The number of piperazine rings is 1. The van der Waals surface area contributed by atoms with E-state index < -0.39 is 11.8 Å². The molecule has 0 amide bonds. The lowest BCUT2D eigenvalue weighted by Gasteiger charge is -2.54. The molecule has 48 heavy (non-hydrogen) atoms. The smallest absolute Gasteiger partial charge is 0.337 e. The fraction of sp³-hybridized carbons (Fsp3) is 0.371. The fourth-order valence-electron chi connectivity index (χ4n) is 7.27. The van der Waals surface area contributed by atoms with E-state index in [2.05, 4.69) is 41.9 Å². The molecule has 0 radical (unpaired) electrons. The van der Waals surface area contributed by atoms with E-state index in [1.807, 2.05) is 43.6 Å². The van der Waals surface area contributed by atoms with Gasteiger partial charge in [0.1, 0.15) is 22.9 Å². The highest BCUT2D eigenvalue weighted by atomic mass is 35.5. The summed E-state index contributed by atoms with van der Waals surface area (Å²) < 4.78 is 22.2. The number of hydrogen-bond acceptors (Lipinski definition) is 9. The Morgan fingerprint density at radius 3 is 2.65 bits per heavy atom. The number of rotatable bonds is 8. The molecule has 1 saturated carbocycles. The minimum atomic E-state index is -1.05. The Morgan fingerprint density at radius 2 is 1.90 bits per heavy atom. The van der Waals surface area contributed by atoms with Crippen LogP contribution in [0.25, 0.3) is 11.0 Å². The molecule has 0 bridgehead atoms. The van der Waals surface area contributed by atoms with Crippen molar-refractivity contribution >= 4 is 45.9 Å². The maximum absolute atomic E-state index is 12.5. The quantitative estimate of drug-likeness (QED) is 0.174. The van der Waals surface area contributed by atoms with Crippen molar-refractivity contribution in [3.8, 4) is 11.5 Å². The summed E-state index contributed by atoms with van der Waals surface area (Å²) in [5.41, 5.74) is 3.51. The van der Waals surface area contributed by atoms with E-state index in [1.165, 1.54) is 7.11 Å². The molecular formula is C35H35Cl2N7O4. The Kier molecular flexibility index (Phi) is 7.73. The molecule has 0 spiro atoms. The van der Waals surface area contributed by atoms with Crippen LogP contribution >= 0.6 is 23.2 Å². The monoisotopic (exact) mass is 687 g/mol. The number of esters is 1. The number of carbonyl (C=O) groups is 1. The van der Waals surface area contributed by atoms with E-state index >= 15 is 0 Å². The number of halogens is 2. The lowest BCUT2D eigenvalue weighted by atomic mass is 9.81. The van der Waals surface area contributed by atoms with Crippen LogP contribution in [0.1, 0.15) is 54.4 Å². The molecule has 2 aromatic carbocycles. The van der Waals surface area contributed by atoms with Gasteiger partial charge in [-0.3, -0.25) is 9.88 Å². The first kappa shape index (κ1) is 31.0. The summed E-state index contributed by atoms with van der Waals surface area (Å²) in [6.45, 7) is 7.54. The van der Waals surface area contributed by atoms with Crippen molar-refractivity contribution in [1.82, 2.24) is 29.0 Å². The van der Waals surface area contributed by atoms with Gasteiger partial charge in [-0.1, -0.05) is 29.3 Å². The molecule has 2 aliphatic heterocycles.